The highest BCUT2D eigenvalue weighted by Crippen LogP contribution is 2.22. The van der Waals surface area contributed by atoms with Crippen molar-refractivity contribution in [2.24, 2.45) is 0 Å². The number of H-pyrrole nitrogens is 1. The second-order valence-corrected chi connectivity index (χ2v) is 4.90. The largest absolute Gasteiger partial charge is 0.507 e. The highest BCUT2D eigenvalue weighted by molar-refractivity contribution is 6.05. The lowest BCUT2D eigenvalue weighted by atomic mass is 10.1. The first-order valence-electron chi connectivity index (χ1n) is 6.85. The molecular weight excluding hydrogens is 296 g/mol. The third-order valence-electron chi connectivity index (χ3n) is 3.28. The Labute approximate surface area is 131 Å². The van der Waals surface area contributed by atoms with Crippen molar-refractivity contribution in [1.29, 1.82) is 0 Å². The summed E-state index contributed by atoms with van der Waals surface area (Å²) >= 11 is 0. The summed E-state index contributed by atoms with van der Waals surface area (Å²) in [5, 5.41) is 16.2. The molecule has 1 aromatic carbocycles. The van der Waals surface area contributed by atoms with Crippen LogP contribution in [0.15, 0.2) is 53.4 Å². The molecular formula is C16H14N4O3. The van der Waals surface area contributed by atoms with Crippen LogP contribution in [0.25, 0.3) is 5.76 Å². The van der Waals surface area contributed by atoms with E-state index in [-0.39, 0.29) is 11.6 Å². The number of rotatable bonds is 5. The number of hydrogen-bond acceptors (Lipinski definition) is 6. The molecule has 3 rings (SSSR count). The van der Waals surface area contributed by atoms with E-state index in [9.17, 15) is 9.90 Å². The van der Waals surface area contributed by atoms with Crippen molar-refractivity contribution in [1.82, 2.24) is 15.2 Å². The molecule has 0 aliphatic carbocycles. The number of nitrogen functional groups attached to an aromatic ring is 1. The van der Waals surface area contributed by atoms with E-state index in [1.807, 2.05) is 12.1 Å². The van der Waals surface area contributed by atoms with Crippen molar-refractivity contribution in [3.8, 4) is 0 Å². The second-order valence-electron chi connectivity index (χ2n) is 4.90. The zero-order valence-corrected chi connectivity index (χ0v) is 12.1. The number of nitrogens with zero attached hydrogens (tertiary/aromatic N) is 2. The van der Waals surface area contributed by atoms with E-state index in [1.54, 1.807) is 18.2 Å². The van der Waals surface area contributed by atoms with Gasteiger partial charge in [0.15, 0.2) is 5.82 Å². The summed E-state index contributed by atoms with van der Waals surface area (Å²) in [4.78, 5) is 15.6. The van der Waals surface area contributed by atoms with E-state index in [0.717, 1.165) is 11.6 Å². The Kier molecular flexibility index (Phi) is 3.92. The number of aliphatic hydroxyl groups excluding tert-OH is 1. The van der Waals surface area contributed by atoms with Gasteiger partial charge in [0.05, 0.1) is 11.8 Å². The Morgan fingerprint density at radius 2 is 2.09 bits per heavy atom. The average Bonchev–Trinajstić information content (AvgIpc) is 3.20. The van der Waals surface area contributed by atoms with E-state index < -0.39 is 5.78 Å². The van der Waals surface area contributed by atoms with Crippen LogP contribution in [0.4, 0.5) is 5.69 Å². The van der Waals surface area contributed by atoms with Crippen LogP contribution in [0.5, 0.6) is 0 Å². The molecule has 23 heavy (non-hydrogen) atoms. The fraction of sp³-hybridized carbons (Fsp3) is 0.0625. The minimum absolute atomic E-state index is 0.0557. The van der Waals surface area contributed by atoms with E-state index in [4.69, 9.17) is 10.2 Å². The predicted octanol–water partition coefficient (Wildman–Crippen LogP) is 2.35. The number of furan rings is 1. The Bertz CT molecular complexity index is 833. The molecule has 0 aliphatic rings. The molecule has 0 saturated heterocycles. The van der Waals surface area contributed by atoms with Gasteiger partial charge in [0.25, 0.3) is 0 Å². The number of carbonyl (C=O) groups is 1. The SMILES string of the molecule is Nc1ccc(Cc2occc2C(O)=CC(=O)c2ncn[nH]2)cc1. The molecule has 4 N–H and O–H groups in total. The maximum atomic E-state index is 11.9. The summed E-state index contributed by atoms with van der Waals surface area (Å²) < 4.78 is 5.41. The zero-order chi connectivity index (χ0) is 16.2. The van der Waals surface area contributed by atoms with Gasteiger partial charge < -0.3 is 15.3 Å². The smallest absolute Gasteiger partial charge is 0.226 e. The standard InChI is InChI=1S/C16H14N4O3/c17-11-3-1-10(2-4-11)7-15-12(5-6-23-15)13(21)8-14(22)16-18-9-19-20-16/h1-6,8-9,21H,7,17H2,(H,18,19,20). The maximum Gasteiger partial charge on any atom is 0.226 e. The van der Waals surface area contributed by atoms with Gasteiger partial charge in [0.2, 0.25) is 5.78 Å². The van der Waals surface area contributed by atoms with E-state index in [0.29, 0.717) is 23.4 Å². The number of hydrogen-bond donors (Lipinski definition) is 3. The highest BCUT2D eigenvalue weighted by atomic mass is 16.3. The first-order valence-corrected chi connectivity index (χ1v) is 6.85. The third kappa shape index (κ3) is 3.29. The lowest BCUT2D eigenvalue weighted by Crippen LogP contribution is -2.00. The molecule has 0 aliphatic heterocycles. The van der Waals surface area contributed by atoms with Crippen LogP contribution in [-0.2, 0) is 6.42 Å². The van der Waals surface area contributed by atoms with Gasteiger partial charge in [-0.1, -0.05) is 12.1 Å². The van der Waals surface area contributed by atoms with Crippen molar-refractivity contribution >= 4 is 17.2 Å². The molecule has 0 fully saturated rings. The second kappa shape index (κ2) is 6.18. The maximum absolute atomic E-state index is 11.9. The normalized spacial score (nSPS) is 11.6. The predicted molar refractivity (Wildman–Crippen MR) is 83.7 cm³/mol. The quantitative estimate of drug-likeness (QED) is 0.288. The molecule has 116 valence electrons. The van der Waals surface area contributed by atoms with E-state index >= 15 is 0 Å². The number of aromatic nitrogens is 3. The fourth-order valence-corrected chi connectivity index (χ4v) is 2.12. The number of nitrogens with one attached hydrogen (secondary N) is 1. The van der Waals surface area contributed by atoms with E-state index in [1.165, 1.54) is 12.6 Å². The fourth-order valence-electron chi connectivity index (χ4n) is 2.12. The average molecular weight is 310 g/mol. The van der Waals surface area contributed by atoms with Gasteiger partial charge in [-0.25, -0.2) is 4.98 Å². The van der Waals surface area contributed by atoms with Gasteiger partial charge in [-0.3, -0.25) is 9.89 Å². The number of aliphatic hydroxyl groups is 1. The summed E-state index contributed by atoms with van der Waals surface area (Å²) in [6.07, 6.45) is 4.24. The van der Waals surface area contributed by atoms with Gasteiger partial charge in [-0.05, 0) is 23.8 Å². The monoisotopic (exact) mass is 310 g/mol. The molecule has 0 amide bonds. The Hall–Kier alpha value is -3.35. The van der Waals surface area contributed by atoms with Crippen molar-refractivity contribution in [3.63, 3.8) is 0 Å². The van der Waals surface area contributed by atoms with Crippen molar-refractivity contribution in [3.05, 3.63) is 71.7 Å². The first kappa shape index (κ1) is 14.6. The van der Waals surface area contributed by atoms with Gasteiger partial charge >= 0.3 is 0 Å². The summed E-state index contributed by atoms with van der Waals surface area (Å²) in [6, 6.07) is 8.94. The molecule has 0 spiro atoms. The van der Waals surface area contributed by atoms with Gasteiger partial charge in [-0.15, -0.1) is 0 Å². The molecule has 0 atom stereocenters. The molecule has 7 heteroatoms. The number of carbonyl (C=O) groups excluding carboxylic acids is 1. The van der Waals surface area contributed by atoms with Crippen molar-refractivity contribution < 1.29 is 14.3 Å². The number of ketones is 1. The molecule has 0 bridgehead atoms. The molecule has 3 aromatic rings. The molecule has 2 heterocycles. The minimum Gasteiger partial charge on any atom is -0.507 e. The Balaban J connectivity index is 1.82. The molecule has 0 saturated carbocycles. The number of aromatic amines is 1. The summed E-state index contributed by atoms with van der Waals surface area (Å²) in [5.74, 6) is -0.0562. The molecule has 0 radical (unpaired) electrons. The summed E-state index contributed by atoms with van der Waals surface area (Å²) in [7, 11) is 0. The van der Waals surface area contributed by atoms with E-state index in [2.05, 4.69) is 15.2 Å². The minimum atomic E-state index is -0.473. The molecule has 0 unspecified atom stereocenters. The number of benzene rings is 1. The lowest BCUT2D eigenvalue weighted by molar-refractivity contribution is 0.103. The number of anilines is 1. The highest BCUT2D eigenvalue weighted by Gasteiger charge is 2.14. The number of nitrogens with two attached hydrogens (primary N) is 1. The topological polar surface area (TPSA) is 118 Å². The van der Waals surface area contributed by atoms with Gasteiger partial charge in [-0.2, -0.15) is 5.10 Å². The Morgan fingerprint density at radius 3 is 2.78 bits per heavy atom. The zero-order valence-electron chi connectivity index (χ0n) is 12.1. The van der Waals surface area contributed by atoms with Gasteiger partial charge in [0.1, 0.15) is 17.8 Å². The van der Waals surface area contributed by atoms with Crippen molar-refractivity contribution in [2.45, 2.75) is 6.42 Å². The first-order chi connectivity index (χ1) is 11.1. The van der Waals surface area contributed by atoms with Crippen molar-refractivity contribution in [2.75, 3.05) is 5.73 Å². The molecule has 7 nitrogen and oxygen atoms in total. The Morgan fingerprint density at radius 1 is 1.30 bits per heavy atom. The molecule has 2 aromatic heterocycles. The summed E-state index contributed by atoms with van der Waals surface area (Å²) in [6.45, 7) is 0. The summed E-state index contributed by atoms with van der Waals surface area (Å²) in [5.41, 5.74) is 7.76. The number of allylic oxidation sites excluding steroid dienone is 1. The lowest BCUT2D eigenvalue weighted by Gasteiger charge is -2.03. The van der Waals surface area contributed by atoms with Crippen LogP contribution in [0.1, 0.15) is 27.5 Å². The van der Waals surface area contributed by atoms with Crippen LogP contribution in [0.3, 0.4) is 0 Å². The van der Waals surface area contributed by atoms with Crippen LogP contribution in [0, 0.1) is 0 Å². The van der Waals surface area contributed by atoms with Gasteiger partial charge in [0, 0.05) is 18.2 Å². The van der Waals surface area contributed by atoms with Crippen LogP contribution in [0.2, 0.25) is 0 Å². The van der Waals surface area contributed by atoms with Crippen LogP contribution >= 0.6 is 0 Å². The van der Waals surface area contributed by atoms with Crippen LogP contribution in [-0.4, -0.2) is 26.1 Å². The third-order valence-corrected chi connectivity index (χ3v) is 3.28. The van der Waals surface area contributed by atoms with Crippen LogP contribution < -0.4 is 5.73 Å².